The molecule has 0 atom stereocenters. The summed E-state index contributed by atoms with van der Waals surface area (Å²) in [5.41, 5.74) is 7.23. The zero-order chi connectivity index (χ0) is 13.2. The first-order chi connectivity index (χ1) is 8.51. The lowest BCUT2D eigenvalue weighted by atomic mass is 10.0. The zero-order valence-corrected chi connectivity index (χ0v) is 12.0. The first-order valence-electron chi connectivity index (χ1n) is 6.56. The summed E-state index contributed by atoms with van der Waals surface area (Å²) in [6.07, 6.45) is 3.22. The maximum absolute atomic E-state index is 7.42. The normalized spacial score (nSPS) is 16.8. The van der Waals surface area contributed by atoms with E-state index in [4.69, 9.17) is 11.1 Å². The van der Waals surface area contributed by atoms with Crippen molar-refractivity contribution in [3.8, 4) is 0 Å². The maximum Gasteiger partial charge on any atom is 0.0911 e. The zero-order valence-electron chi connectivity index (χ0n) is 11.2. The fourth-order valence-corrected chi connectivity index (χ4v) is 3.33. The molecule has 98 valence electrons. The number of nitrogens with two attached hydrogens (primary N) is 1. The minimum Gasteiger partial charge on any atom is -0.388 e. The average Bonchev–Trinajstić information content (AvgIpc) is 3.06. The lowest BCUT2D eigenvalue weighted by Gasteiger charge is -2.14. The third-order valence-electron chi connectivity index (χ3n) is 3.61. The van der Waals surface area contributed by atoms with E-state index in [1.54, 1.807) is 0 Å². The summed E-state index contributed by atoms with van der Waals surface area (Å²) >= 11 is 1.90. The lowest BCUT2D eigenvalue weighted by molar-refractivity contribution is 0.612. The molecule has 0 unspecified atom stereocenters. The summed E-state index contributed by atoms with van der Waals surface area (Å²) in [6, 6.07) is 8.86. The van der Waals surface area contributed by atoms with Gasteiger partial charge in [-0.2, -0.15) is 0 Å². The van der Waals surface area contributed by atoms with Crippen LogP contribution < -0.4 is 5.73 Å². The standard InChI is InChI=1S/C15H22N2S/c1-11(2)12-3-5-13(6-4-12)18-10-15(7-8-15)9-14(16)17/h3-6,11H,7-10H2,1-2H3,(H3,16,17). The van der Waals surface area contributed by atoms with Crippen LogP contribution in [0.15, 0.2) is 29.2 Å². The molecule has 0 aromatic heterocycles. The van der Waals surface area contributed by atoms with Crippen molar-refractivity contribution < 1.29 is 0 Å². The first-order valence-corrected chi connectivity index (χ1v) is 7.55. The Balaban J connectivity index is 1.89. The number of benzene rings is 1. The predicted molar refractivity (Wildman–Crippen MR) is 79.5 cm³/mol. The van der Waals surface area contributed by atoms with Crippen LogP contribution in [0.2, 0.25) is 0 Å². The third-order valence-corrected chi connectivity index (χ3v) is 4.98. The molecule has 0 heterocycles. The Morgan fingerprint density at radius 3 is 2.39 bits per heavy atom. The second-order valence-electron chi connectivity index (χ2n) is 5.71. The van der Waals surface area contributed by atoms with Crippen LogP contribution in [0.25, 0.3) is 0 Å². The molecule has 0 radical (unpaired) electrons. The van der Waals surface area contributed by atoms with Crippen molar-refractivity contribution in [2.75, 3.05) is 5.75 Å². The van der Waals surface area contributed by atoms with Gasteiger partial charge >= 0.3 is 0 Å². The van der Waals surface area contributed by atoms with Gasteiger partial charge in [0.25, 0.3) is 0 Å². The maximum atomic E-state index is 7.42. The van der Waals surface area contributed by atoms with Gasteiger partial charge in [0.1, 0.15) is 0 Å². The van der Waals surface area contributed by atoms with E-state index in [-0.39, 0.29) is 0 Å². The van der Waals surface area contributed by atoms with Crippen molar-refractivity contribution in [3.05, 3.63) is 29.8 Å². The van der Waals surface area contributed by atoms with Crippen LogP contribution in [0.5, 0.6) is 0 Å². The molecule has 1 aromatic rings. The summed E-state index contributed by atoms with van der Waals surface area (Å²) in [7, 11) is 0. The molecule has 0 aliphatic heterocycles. The first kappa shape index (κ1) is 13.5. The monoisotopic (exact) mass is 262 g/mol. The van der Waals surface area contributed by atoms with Crippen molar-refractivity contribution in [2.24, 2.45) is 11.1 Å². The molecule has 0 spiro atoms. The van der Waals surface area contributed by atoms with Crippen LogP contribution in [-0.2, 0) is 0 Å². The Labute approximate surface area is 114 Å². The van der Waals surface area contributed by atoms with E-state index in [1.165, 1.54) is 23.3 Å². The van der Waals surface area contributed by atoms with E-state index >= 15 is 0 Å². The molecule has 0 bridgehead atoms. The second kappa shape index (κ2) is 5.35. The van der Waals surface area contributed by atoms with Crippen LogP contribution in [-0.4, -0.2) is 11.6 Å². The molecule has 2 rings (SSSR count). The number of amidine groups is 1. The molecule has 0 saturated heterocycles. The van der Waals surface area contributed by atoms with Crippen LogP contribution in [0.4, 0.5) is 0 Å². The van der Waals surface area contributed by atoms with Crippen molar-refractivity contribution >= 4 is 17.6 Å². The summed E-state index contributed by atoms with van der Waals surface area (Å²) in [6.45, 7) is 4.43. The van der Waals surface area contributed by atoms with Gasteiger partial charge in [0.2, 0.25) is 0 Å². The molecule has 1 saturated carbocycles. The average molecular weight is 262 g/mol. The minimum absolute atomic E-state index is 0.327. The summed E-state index contributed by atoms with van der Waals surface area (Å²) in [5, 5.41) is 7.42. The number of hydrogen-bond donors (Lipinski definition) is 2. The van der Waals surface area contributed by atoms with E-state index in [0.29, 0.717) is 17.2 Å². The van der Waals surface area contributed by atoms with Crippen LogP contribution >= 0.6 is 11.8 Å². The minimum atomic E-state index is 0.327. The van der Waals surface area contributed by atoms with Gasteiger partial charge in [-0.25, -0.2) is 0 Å². The van der Waals surface area contributed by atoms with Crippen molar-refractivity contribution in [2.45, 2.75) is 43.9 Å². The Morgan fingerprint density at radius 1 is 1.33 bits per heavy atom. The van der Waals surface area contributed by atoms with Gasteiger partial charge in [0, 0.05) is 17.1 Å². The van der Waals surface area contributed by atoms with Gasteiger partial charge in [0.15, 0.2) is 0 Å². The van der Waals surface area contributed by atoms with E-state index in [1.807, 2.05) is 11.8 Å². The molecule has 2 nitrogen and oxygen atoms in total. The Morgan fingerprint density at radius 2 is 1.94 bits per heavy atom. The lowest BCUT2D eigenvalue weighted by Crippen LogP contribution is -2.18. The van der Waals surface area contributed by atoms with Crippen LogP contribution in [0, 0.1) is 10.8 Å². The van der Waals surface area contributed by atoms with Crippen molar-refractivity contribution in [1.29, 1.82) is 5.41 Å². The van der Waals surface area contributed by atoms with E-state index in [0.717, 1.165) is 12.2 Å². The van der Waals surface area contributed by atoms with Gasteiger partial charge in [-0.15, -0.1) is 11.8 Å². The van der Waals surface area contributed by atoms with E-state index in [2.05, 4.69) is 38.1 Å². The second-order valence-corrected chi connectivity index (χ2v) is 6.76. The Bertz CT molecular complexity index is 419. The van der Waals surface area contributed by atoms with Crippen LogP contribution in [0.1, 0.15) is 44.6 Å². The molecule has 1 fully saturated rings. The highest BCUT2D eigenvalue weighted by Gasteiger charge is 2.42. The summed E-state index contributed by atoms with van der Waals surface area (Å²) < 4.78 is 0. The number of thioether (sulfide) groups is 1. The SMILES string of the molecule is CC(C)c1ccc(SCC2(CC(=N)N)CC2)cc1. The molecule has 3 heteroatoms. The van der Waals surface area contributed by atoms with E-state index < -0.39 is 0 Å². The molecule has 18 heavy (non-hydrogen) atoms. The molecular weight excluding hydrogens is 240 g/mol. The Kier molecular flexibility index (Phi) is 4.00. The highest BCUT2D eigenvalue weighted by molar-refractivity contribution is 7.99. The smallest absolute Gasteiger partial charge is 0.0911 e. The van der Waals surface area contributed by atoms with Gasteiger partial charge < -0.3 is 5.73 Å². The molecule has 0 amide bonds. The summed E-state index contributed by atoms with van der Waals surface area (Å²) in [5.74, 6) is 2.02. The Hall–Kier alpha value is -0.960. The molecule has 1 aliphatic rings. The highest BCUT2D eigenvalue weighted by Crippen LogP contribution is 2.51. The van der Waals surface area contributed by atoms with Gasteiger partial charge in [-0.3, -0.25) is 5.41 Å². The molecular formula is C15H22N2S. The quantitative estimate of drug-likeness (QED) is 0.462. The largest absolute Gasteiger partial charge is 0.388 e. The van der Waals surface area contributed by atoms with Crippen molar-refractivity contribution in [3.63, 3.8) is 0 Å². The van der Waals surface area contributed by atoms with Gasteiger partial charge in [-0.1, -0.05) is 26.0 Å². The number of hydrogen-bond acceptors (Lipinski definition) is 2. The predicted octanol–water partition coefficient (Wildman–Crippen LogP) is 4.01. The van der Waals surface area contributed by atoms with Gasteiger partial charge in [0.05, 0.1) is 5.84 Å². The summed E-state index contributed by atoms with van der Waals surface area (Å²) in [4.78, 5) is 1.33. The number of nitrogens with one attached hydrogen (secondary N) is 1. The van der Waals surface area contributed by atoms with Crippen molar-refractivity contribution in [1.82, 2.24) is 0 Å². The topological polar surface area (TPSA) is 49.9 Å². The molecule has 1 aliphatic carbocycles. The van der Waals surface area contributed by atoms with Gasteiger partial charge in [-0.05, 0) is 41.9 Å². The fraction of sp³-hybridized carbons (Fsp3) is 0.533. The molecule has 3 N–H and O–H groups in total. The molecule has 1 aromatic carbocycles. The van der Waals surface area contributed by atoms with E-state index in [9.17, 15) is 0 Å². The highest BCUT2D eigenvalue weighted by atomic mass is 32.2. The van der Waals surface area contributed by atoms with Crippen LogP contribution in [0.3, 0.4) is 0 Å². The third kappa shape index (κ3) is 3.52. The fourth-order valence-electron chi connectivity index (χ4n) is 2.14. The number of rotatable bonds is 6.